The molecule has 0 bridgehead atoms. The summed E-state index contributed by atoms with van der Waals surface area (Å²) in [5.41, 5.74) is 3.26. The number of hydrogen-bond donors (Lipinski definition) is 1. The molecule has 1 aliphatic heterocycles. The lowest BCUT2D eigenvalue weighted by molar-refractivity contribution is -0.113. The summed E-state index contributed by atoms with van der Waals surface area (Å²) in [6.45, 7) is 1.82. The number of anilines is 1. The Morgan fingerprint density at radius 3 is 2.31 bits per heavy atom. The zero-order chi connectivity index (χ0) is 24.4. The van der Waals surface area contributed by atoms with Crippen LogP contribution in [-0.4, -0.2) is 17.6 Å². The molecule has 0 fully saturated rings. The molecule has 6 nitrogen and oxygen atoms in total. The molecule has 4 aromatic rings. The highest BCUT2D eigenvalue weighted by Crippen LogP contribution is 2.30. The third-order valence-electron chi connectivity index (χ3n) is 5.83. The minimum atomic E-state index is -0.589. The van der Waals surface area contributed by atoms with Crippen LogP contribution in [0.3, 0.4) is 0 Å². The Bertz CT molecular complexity index is 1590. The van der Waals surface area contributed by atoms with Crippen molar-refractivity contribution in [3.05, 3.63) is 127 Å². The molecular formula is C28H23N3O3S. The fraction of sp³-hybridized carbons (Fsp3) is 0.107. The third kappa shape index (κ3) is 4.46. The van der Waals surface area contributed by atoms with Crippen molar-refractivity contribution >= 4 is 29.0 Å². The van der Waals surface area contributed by atoms with Crippen LogP contribution in [0.25, 0.3) is 6.08 Å². The molecule has 0 aliphatic carbocycles. The van der Waals surface area contributed by atoms with E-state index in [1.54, 1.807) is 11.7 Å². The molecule has 1 aliphatic rings. The smallest absolute Gasteiger partial charge is 0.271 e. The second-order valence-corrected chi connectivity index (χ2v) is 9.09. The predicted octanol–water partition coefficient (Wildman–Crippen LogP) is 3.88. The number of carbonyl (C=O) groups is 1. The van der Waals surface area contributed by atoms with Crippen LogP contribution < -0.4 is 24.9 Å². The summed E-state index contributed by atoms with van der Waals surface area (Å²) in [5.74, 6) is 0.466. The molecule has 2 heterocycles. The summed E-state index contributed by atoms with van der Waals surface area (Å²) in [6.07, 6.45) is 1.84. The maximum Gasteiger partial charge on any atom is 0.271 e. The number of nitrogens with zero attached hydrogens (tertiary/aromatic N) is 2. The lowest BCUT2D eigenvalue weighted by Crippen LogP contribution is -2.40. The number of ether oxygens (including phenoxy) is 1. The highest BCUT2D eigenvalue weighted by atomic mass is 32.1. The molecule has 0 spiro atoms. The number of carbonyl (C=O) groups excluding carboxylic acids is 1. The van der Waals surface area contributed by atoms with E-state index in [2.05, 4.69) is 10.3 Å². The van der Waals surface area contributed by atoms with E-state index >= 15 is 0 Å². The van der Waals surface area contributed by atoms with Crippen LogP contribution in [0, 0.1) is 0 Å². The highest BCUT2D eigenvalue weighted by molar-refractivity contribution is 7.07. The molecule has 1 amide bonds. The van der Waals surface area contributed by atoms with Gasteiger partial charge in [0.2, 0.25) is 0 Å². The molecule has 0 radical (unpaired) electrons. The number of para-hydroxylation sites is 1. The molecule has 7 heteroatoms. The summed E-state index contributed by atoms with van der Waals surface area (Å²) in [6, 6.07) is 25.8. The van der Waals surface area contributed by atoms with Gasteiger partial charge < -0.3 is 10.1 Å². The Morgan fingerprint density at radius 1 is 1.00 bits per heavy atom. The Hall–Kier alpha value is -4.23. The Labute approximate surface area is 206 Å². The lowest BCUT2D eigenvalue weighted by Gasteiger charge is -2.25. The van der Waals surface area contributed by atoms with E-state index in [9.17, 15) is 9.59 Å². The molecule has 174 valence electrons. The lowest BCUT2D eigenvalue weighted by atomic mass is 9.95. The van der Waals surface area contributed by atoms with Gasteiger partial charge in [0.1, 0.15) is 5.75 Å². The average molecular weight is 482 g/mol. The number of allylic oxidation sites excluding steroid dienone is 1. The van der Waals surface area contributed by atoms with E-state index in [0.717, 1.165) is 16.9 Å². The van der Waals surface area contributed by atoms with Crippen molar-refractivity contribution in [1.29, 1.82) is 0 Å². The van der Waals surface area contributed by atoms with Gasteiger partial charge in [0.25, 0.3) is 11.5 Å². The number of methoxy groups -OCH3 is 1. The van der Waals surface area contributed by atoms with Gasteiger partial charge >= 0.3 is 0 Å². The monoisotopic (exact) mass is 481 g/mol. The molecular weight excluding hydrogens is 458 g/mol. The van der Waals surface area contributed by atoms with Gasteiger partial charge in [-0.15, -0.1) is 0 Å². The number of hydrogen-bond acceptors (Lipinski definition) is 5. The Morgan fingerprint density at radius 2 is 1.66 bits per heavy atom. The number of fused-ring (bicyclic) bond motifs is 1. The molecule has 1 unspecified atom stereocenters. The van der Waals surface area contributed by atoms with Gasteiger partial charge in [-0.3, -0.25) is 14.2 Å². The molecule has 5 rings (SSSR count). The van der Waals surface area contributed by atoms with E-state index < -0.39 is 6.04 Å². The van der Waals surface area contributed by atoms with Crippen molar-refractivity contribution in [2.75, 3.05) is 12.4 Å². The van der Waals surface area contributed by atoms with Crippen molar-refractivity contribution in [2.45, 2.75) is 13.0 Å². The second kappa shape index (κ2) is 9.56. The van der Waals surface area contributed by atoms with Crippen molar-refractivity contribution in [1.82, 2.24) is 4.57 Å². The summed E-state index contributed by atoms with van der Waals surface area (Å²) in [7, 11) is 1.62. The van der Waals surface area contributed by atoms with Crippen molar-refractivity contribution in [2.24, 2.45) is 4.99 Å². The quantitative estimate of drug-likeness (QED) is 0.470. The number of aromatic nitrogens is 1. The number of amides is 1. The van der Waals surface area contributed by atoms with Gasteiger partial charge in [0.05, 0.1) is 29.0 Å². The van der Waals surface area contributed by atoms with Crippen LogP contribution in [-0.2, 0) is 4.79 Å². The SMILES string of the molecule is COc1ccc(/C=c2/sc3n(c2=O)C(c2ccccc2)C(C(=O)Nc2ccccc2)=C(C)N=3)cc1. The molecule has 1 atom stereocenters. The minimum absolute atomic E-state index is 0.184. The minimum Gasteiger partial charge on any atom is -0.497 e. The summed E-state index contributed by atoms with van der Waals surface area (Å²) in [4.78, 5) is 32.4. The van der Waals surface area contributed by atoms with E-state index in [1.165, 1.54) is 11.3 Å². The van der Waals surface area contributed by atoms with Crippen LogP contribution >= 0.6 is 11.3 Å². The normalized spacial score (nSPS) is 15.4. The highest BCUT2D eigenvalue weighted by Gasteiger charge is 2.32. The van der Waals surface area contributed by atoms with Gasteiger partial charge in [0.15, 0.2) is 4.80 Å². The van der Waals surface area contributed by atoms with E-state index in [4.69, 9.17) is 4.74 Å². The first kappa shape index (κ1) is 22.6. The summed E-state index contributed by atoms with van der Waals surface area (Å²) in [5, 5.41) is 2.96. The second-order valence-electron chi connectivity index (χ2n) is 8.09. The zero-order valence-corrected chi connectivity index (χ0v) is 20.1. The first-order chi connectivity index (χ1) is 17.0. The molecule has 0 saturated heterocycles. The van der Waals surface area contributed by atoms with E-state index in [1.807, 2.05) is 97.9 Å². The maximum absolute atomic E-state index is 13.7. The molecule has 1 N–H and O–H groups in total. The van der Waals surface area contributed by atoms with Crippen LogP contribution in [0.15, 0.2) is 106 Å². The number of nitrogens with one attached hydrogen (secondary N) is 1. The topological polar surface area (TPSA) is 72.7 Å². The largest absolute Gasteiger partial charge is 0.497 e. The van der Waals surface area contributed by atoms with Gasteiger partial charge in [-0.2, -0.15) is 0 Å². The Kier molecular flexibility index (Phi) is 6.16. The number of benzene rings is 3. The van der Waals surface area contributed by atoms with Gasteiger partial charge in [-0.1, -0.05) is 72.0 Å². The number of rotatable bonds is 5. The average Bonchev–Trinajstić information content (AvgIpc) is 3.19. The van der Waals surface area contributed by atoms with Gasteiger partial charge in [-0.05, 0) is 48.4 Å². The van der Waals surface area contributed by atoms with Crippen LogP contribution in [0.1, 0.15) is 24.1 Å². The number of thiazole rings is 1. The van der Waals surface area contributed by atoms with Crippen LogP contribution in [0.4, 0.5) is 5.69 Å². The van der Waals surface area contributed by atoms with Crippen molar-refractivity contribution in [3.63, 3.8) is 0 Å². The molecule has 35 heavy (non-hydrogen) atoms. The first-order valence-corrected chi connectivity index (χ1v) is 11.9. The first-order valence-electron chi connectivity index (χ1n) is 11.1. The van der Waals surface area contributed by atoms with E-state index in [0.29, 0.717) is 26.3 Å². The van der Waals surface area contributed by atoms with E-state index in [-0.39, 0.29) is 11.5 Å². The van der Waals surface area contributed by atoms with Gasteiger partial charge in [0, 0.05) is 5.69 Å². The zero-order valence-electron chi connectivity index (χ0n) is 19.3. The molecule has 1 aromatic heterocycles. The van der Waals surface area contributed by atoms with Crippen molar-refractivity contribution in [3.8, 4) is 5.75 Å². The predicted molar refractivity (Wildman–Crippen MR) is 138 cm³/mol. The molecule has 3 aromatic carbocycles. The third-order valence-corrected chi connectivity index (χ3v) is 6.81. The summed E-state index contributed by atoms with van der Waals surface area (Å²) >= 11 is 1.32. The van der Waals surface area contributed by atoms with Crippen LogP contribution in [0.5, 0.6) is 5.75 Å². The Balaban J connectivity index is 1.64. The standard InChI is InChI=1S/C28H23N3O3S/c1-18-24(26(32)30-21-11-7-4-8-12-21)25(20-9-5-3-6-10-20)31-27(33)23(35-28(31)29-18)17-19-13-15-22(34-2)16-14-19/h3-17,25H,1-2H3,(H,30,32)/b23-17+. The summed E-state index contributed by atoms with van der Waals surface area (Å²) < 4.78 is 7.40. The molecule has 0 saturated carbocycles. The van der Waals surface area contributed by atoms with Gasteiger partial charge in [-0.25, -0.2) is 4.99 Å². The van der Waals surface area contributed by atoms with Crippen LogP contribution in [0.2, 0.25) is 0 Å². The fourth-order valence-corrected chi connectivity index (χ4v) is 5.18. The van der Waals surface area contributed by atoms with Crippen molar-refractivity contribution < 1.29 is 9.53 Å². The maximum atomic E-state index is 13.7. The fourth-order valence-electron chi connectivity index (χ4n) is 4.13.